The molecule has 0 aliphatic rings. The Balaban J connectivity index is 2.48. The van der Waals surface area contributed by atoms with Crippen LogP contribution in [0.3, 0.4) is 0 Å². The summed E-state index contributed by atoms with van der Waals surface area (Å²) in [6, 6.07) is 4.86. The van der Waals surface area contributed by atoms with Gasteiger partial charge in [0.1, 0.15) is 11.6 Å². The largest absolute Gasteiger partial charge is 0.320 e. The summed E-state index contributed by atoms with van der Waals surface area (Å²) in [7, 11) is 0. The van der Waals surface area contributed by atoms with E-state index in [4.69, 9.17) is 5.73 Å². The maximum absolute atomic E-state index is 13.7. The van der Waals surface area contributed by atoms with Gasteiger partial charge in [-0.05, 0) is 23.8 Å². The minimum atomic E-state index is -0.864. The minimum Gasteiger partial charge on any atom is -0.320 e. The Kier molecular flexibility index (Phi) is 3.49. The van der Waals surface area contributed by atoms with E-state index < -0.39 is 17.7 Å². The zero-order valence-corrected chi connectivity index (χ0v) is 10.3. The third-order valence-electron chi connectivity index (χ3n) is 2.40. The lowest BCUT2D eigenvalue weighted by molar-refractivity contribution is 0.542. The molecule has 2 aromatic rings. The molecule has 2 N–H and O–H groups in total. The topological polar surface area (TPSA) is 38.9 Å². The van der Waals surface area contributed by atoms with Crippen LogP contribution in [0.2, 0.25) is 0 Å². The predicted octanol–water partition coefficient (Wildman–Crippen LogP) is 3.17. The molecule has 0 aliphatic carbocycles. The van der Waals surface area contributed by atoms with E-state index in [9.17, 15) is 8.78 Å². The third-order valence-corrected chi connectivity index (χ3v) is 2.86. The summed E-state index contributed by atoms with van der Waals surface area (Å²) in [5.41, 5.74) is 6.24. The fraction of sp³-hybridized carbons (Fsp3) is 0.0833. The van der Waals surface area contributed by atoms with Gasteiger partial charge in [0.15, 0.2) is 0 Å². The second-order valence-electron chi connectivity index (χ2n) is 3.55. The molecular formula is C12H9BrF2N2. The highest BCUT2D eigenvalue weighted by atomic mass is 79.9. The number of nitrogens with zero attached hydrogens (tertiary/aromatic N) is 1. The first-order valence-electron chi connectivity index (χ1n) is 4.89. The number of aromatic nitrogens is 1. The monoisotopic (exact) mass is 298 g/mol. The lowest BCUT2D eigenvalue weighted by Crippen LogP contribution is -2.15. The van der Waals surface area contributed by atoms with Gasteiger partial charge in [-0.3, -0.25) is 4.98 Å². The first kappa shape index (κ1) is 12.1. The van der Waals surface area contributed by atoms with E-state index in [0.29, 0.717) is 10.0 Å². The van der Waals surface area contributed by atoms with Crippen molar-refractivity contribution in [1.82, 2.24) is 4.98 Å². The van der Waals surface area contributed by atoms with Crippen molar-refractivity contribution in [1.29, 1.82) is 0 Å². The van der Waals surface area contributed by atoms with Gasteiger partial charge in [-0.2, -0.15) is 0 Å². The highest BCUT2D eigenvalue weighted by Crippen LogP contribution is 2.27. The number of hydrogen-bond donors (Lipinski definition) is 1. The minimum absolute atomic E-state index is 0.152. The van der Waals surface area contributed by atoms with Crippen LogP contribution in [0.5, 0.6) is 0 Å². The average Bonchev–Trinajstić information content (AvgIpc) is 2.28. The Morgan fingerprint density at radius 2 is 1.88 bits per heavy atom. The van der Waals surface area contributed by atoms with Crippen LogP contribution >= 0.6 is 15.9 Å². The van der Waals surface area contributed by atoms with Gasteiger partial charge in [0.2, 0.25) is 0 Å². The van der Waals surface area contributed by atoms with Crippen molar-refractivity contribution in [3.05, 3.63) is 63.9 Å². The molecule has 88 valence electrons. The molecule has 0 spiro atoms. The Labute approximate surface area is 106 Å². The second-order valence-corrected chi connectivity index (χ2v) is 4.46. The first-order chi connectivity index (χ1) is 8.09. The van der Waals surface area contributed by atoms with E-state index in [1.165, 1.54) is 18.3 Å². The number of nitrogens with two attached hydrogens (primary N) is 1. The Hall–Kier alpha value is -1.33. The average molecular weight is 299 g/mol. The van der Waals surface area contributed by atoms with Crippen LogP contribution in [0.1, 0.15) is 17.2 Å². The normalized spacial score (nSPS) is 12.5. The molecule has 1 unspecified atom stereocenters. The van der Waals surface area contributed by atoms with Gasteiger partial charge in [0.25, 0.3) is 0 Å². The zero-order chi connectivity index (χ0) is 12.4. The standard InChI is InChI=1S/C12H9BrF2N2/c13-8-4-9(14)11(10(15)5-8)12(16)7-2-1-3-17-6-7/h1-6,12H,16H2. The van der Waals surface area contributed by atoms with Crippen LogP contribution in [0.15, 0.2) is 41.1 Å². The molecule has 1 aromatic heterocycles. The Morgan fingerprint density at radius 1 is 1.24 bits per heavy atom. The first-order valence-corrected chi connectivity index (χ1v) is 5.69. The molecule has 1 aromatic carbocycles. The van der Waals surface area contributed by atoms with Crippen molar-refractivity contribution in [2.24, 2.45) is 5.73 Å². The summed E-state index contributed by atoms with van der Waals surface area (Å²) in [5, 5.41) is 0. The lowest BCUT2D eigenvalue weighted by atomic mass is 10.0. The molecular weight excluding hydrogens is 290 g/mol. The van der Waals surface area contributed by atoms with Crippen molar-refractivity contribution in [2.75, 3.05) is 0 Å². The van der Waals surface area contributed by atoms with Crippen molar-refractivity contribution in [2.45, 2.75) is 6.04 Å². The van der Waals surface area contributed by atoms with Gasteiger partial charge in [-0.15, -0.1) is 0 Å². The van der Waals surface area contributed by atoms with E-state index >= 15 is 0 Å². The van der Waals surface area contributed by atoms with Gasteiger partial charge < -0.3 is 5.73 Å². The SMILES string of the molecule is NC(c1cccnc1)c1c(F)cc(Br)cc1F. The predicted molar refractivity (Wildman–Crippen MR) is 64.3 cm³/mol. The zero-order valence-electron chi connectivity index (χ0n) is 8.70. The van der Waals surface area contributed by atoms with E-state index in [1.54, 1.807) is 18.3 Å². The van der Waals surface area contributed by atoms with Gasteiger partial charge in [0.05, 0.1) is 6.04 Å². The van der Waals surface area contributed by atoms with Crippen LogP contribution in [0.25, 0.3) is 0 Å². The summed E-state index contributed by atoms with van der Waals surface area (Å²) in [5.74, 6) is -1.35. The van der Waals surface area contributed by atoms with E-state index in [-0.39, 0.29) is 5.56 Å². The quantitative estimate of drug-likeness (QED) is 0.925. The molecule has 2 nitrogen and oxygen atoms in total. The molecule has 2 rings (SSSR count). The van der Waals surface area contributed by atoms with Crippen LogP contribution < -0.4 is 5.73 Å². The number of halogens is 3. The van der Waals surface area contributed by atoms with E-state index in [0.717, 1.165) is 0 Å². The van der Waals surface area contributed by atoms with Crippen molar-refractivity contribution < 1.29 is 8.78 Å². The van der Waals surface area contributed by atoms with Gasteiger partial charge >= 0.3 is 0 Å². The van der Waals surface area contributed by atoms with Crippen LogP contribution in [-0.4, -0.2) is 4.98 Å². The third kappa shape index (κ3) is 2.50. The molecule has 1 atom stereocenters. The smallest absolute Gasteiger partial charge is 0.132 e. The van der Waals surface area contributed by atoms with Crippen molar-refractivity contribution in [3.63, 3.8) is 0 Å². The second kappa shape index (κ2) is 4.89. The summed E-state index contributed by atoms with van der Waals surface area (Å²) in [6.45, 7) is 0. The molecule has 1 heterocycles. The van der Waals surface area contributed by atoms with Gasteiger partial charge in [-0.1, -0.05) is 22.0 Å². The molecule has 0 saturated carbocycles. The fourth-order valence-electron chi connectivity index (χ4n) is 1.58. The van der Waals surface area contributed by atoms with Gasteiger partial charge in [-0.25, -0.2) is 8.78 Å². The summed E-state index contributed by atoms with van der Waals surface area (Å²) in [6.07, 6.45) is 3.07. The maximum atomic E-state index is 13.7. The lowest BCUT2D eigenvalue weighted by Gasteiger charge is -2.14. The highest BCUT2D eigenvalue weighted by molar-refractivity contribution is 9.10. The van der Waals surface area contributed by atoms with Crippen LogP contribution in [-0.2, 0) is 0 Å². The number of rotatable bonds is 2. The number of pyridine rings is 1. The van der Waals surface area contributed by atoms with Crippen molar-refractivity contribution in [3.8, 4) is 0 Å². The maximum Gasteiger partial charge on any atom is 0.132 e. The number of benzene rings is 1. The van der Waals surface area contributed by atoms with E-state index in [2.05, 4.69) is 20.9 Å². The van der Waals surface area contributed by atoms with Crippen LogP contribution in [0, 0.1) is 11.6 Å². The van der Waals surface area contributed by atoms with E-state index in [1.807, 2.05) is 0 Å². The summed E-state index contributed by atoms with van der Waals surface area (Å²) < 4.78 is 27.7. The number of hydrogen-bond acceptors (Lipinski definition) is 2. The molecule has 0 saturated heterocycles. The molecule has 5 heteroatoms. The molecule has 0 radical (unpaired) electrons. The molecule has 0 fully saturated rings. The molecule has 0 amide bonds. The molecule has 17 heavy (non-hydrogen) atoms. The summed E-state index contributed by atoms with van der Waals surface area (Å²) >= 11 is 3.02. The molecule has 0 bridgehead atoms. The molecule has 0 aliphatic heterocycles. The van der Waals surface area contributed by atoms with Gasteiger partial charge in [0, 0.05) is 22.4 Å². The van der Waals surface area contributed by atoms with Crippen molar-refractivity contribution >= 4 is 15.9 Å². The van der Waals surface area contributed by atoms with Crippen LogP contribution in [0.4, 0.5) is 8.78 Å². The summed E-state index contributed by atoms with van der Waals surface area (Å²) in [4.78, 5) is 3.87. The fourth-order valence-corrected chi connectivity index (χ4v) is 1.98. The Morgan fingerprint density at radius 3 is 2.41 bits per heavy atom. The Bertz CT molecular complexity index is 508. The highest BCUT2D eigenvalue weighted by Gasteiger charge is 2.19.